The number of primary amides is 1. The summed E-state index contributed by atoms with van der Waals surface area (Å²) in [6.07, 6.45) is 0. The van der Waals surface area contributed by atoms with Crippen molar-refractivity contribution in [2.45, 2.75) is 19.9 Å². The second-order valence-electron chi connectivity index (χ2n) is 5.34. The quantitative estimate of drug-likeness (QED) is 0.741. The number of hydrogen-bond donors (Lipinski definition) is 3. The molecule has 2 aromatic carbocycles. The minimum Gasteiger partial charge on any atom is -0.389 e. The Morgan fingerprint density at radius 1 is 1.10 bits per heavy atom. The van der Waals surface area contributed by atoms with Crippen LogP contribution in [0.5, 0.6) is 0 Å². The lowest BCUT2D eigenvalue weighted by Gasteiger charge is -2.22. The average Bonchev–Trinajstić information content (AvgIpc) is 2.43. The number of hydrogen-bond acceptors (Lipinski definition) is 3. The van der Waals surface area contributed by atoms with Crippen LogP contribution in [-0.4, -0.2) is 16.9 Å². The second-order valence-corrected chi connectivity index (χ2v) is 5.78. The van der Waals surface area contributed by atoms with Crippen LogP contribution in [0.4, 0.5) is 5.69 Å². The minimum atomic E-state index is -0.427. The Morgan fingerprint density at radius 3 is 2.24 bits per heavy atom. The Kier molecular flexibility index (Phi) is 4.43. The van der Waals surface area contributed by atoms with Crippen LogP contribution in [0.25, 0.3) is 10.8 Å². The molecule has 0 fully saturated rings. The first-order chi connectivity index (χ1) is 9.91. The highest BCUT2D eigenvalue weighted by atomic mass is 32.1. The molecule has 0 saturated heterocycles. The molecule has 110 valence electrons. The summed E-state index contributed by atoms with van der Waals surface area (Å²) in [6, 6.07) is 11.1. The fourth-order valence-corrected chi connectivity index (χ4v) is 2.55. The maximum atomic E-state index is 11.6. The molecule has 21 heavy (non-hydrogen) atoms. The third kappa shape index (κ3) is 3.13. The Morgan fingerprint density at radius 2 is 1.71 bits per heavy atom. The number of carbonyl (C=O) groups is 1. The van der Waals surface area contributed by atoms with Crippen LogP contribution in [0.1, 0.15) is 19.4 Å². The third-order valence-electron chi connectivity index (χ3n) is 3.47. The number of rotatable bonds is 5. The van der Waals surface area contributed by atoms with Gasteiger partial charge >= 0.3 is 0 Å². The molecular weight excluding hydrogens is 282 g/mol. The smallest absolute Gasteiger partial charge is 0.240 e. The minimum absolute atomic E-state index is 0.0940. The molecule has 1 unspecified atom stereocenters. The second kappa shape index (κ2) is 6.10. The summed E-state index contributed by atoms with van der Waals surface area (Å²) >= 11 is 5.09. The van der Waals surface area contributed by atoms with Gasteiger partial charge in [-0.1, -0.05) is 50.3 Å². The third-order valence-corrected chi connectivity index (χ3v) is 3.69. The monoisotopic (exact) mass is 301 g/mol. The van der Waals surface area contributed by atoms with Crippen molar-refractivity contribution >= 4 is 39.6 Å². The normalized spacial score (nSPS) is 12.3. The molecule has 5 heteroatoms. The van der Waals surface area contributed by atoms with E-state index < -0.39 is 6.04 Å². The van der Waals surface area contributed by atoms with Crippen molar-refractivity contribution in [3.05, 3.63) is 42.0 Å². The zero-order valence-corrected chi connectivity index (χ0v) is 12.9. The van der Waals surface area contributed by atoms with Gasteiger partial charge in [0, 0.05) is 16.6 Å². The van der Waals surface area contributed by atoms with Gasteiger partial charge in [-0.3, -0.25) is 4.79 Å². The fourth-order valence-electron chi connectivity index (χ4n) is 2.37. The van der Waals surface area contributed by atoms with E-state index in [4.69, 9.17) is 23.7 Å². The van der Waals surface area contributed by atoms with E-state index in [1.807, 2.05) is 50.2 Å². The van der Waals surface area contributed by atoms with Crippen molar-refractivity contribution in [2.75, 3.05) is 5.32 Å². The molecule has 1 amide bonds. The van der Waals surface area contributed by atoms with Gasteiger partial charge in [0.15, 0.2) is 0 Å². The van der Waals surface area contributed by atoms with E-state index in [-0.39, 0.29) is 11.8 Å². The maximum Gasteiger partial charge on any atom is 0.240 e. The van der Waals surface area contributed by atoms with Crippen molar-refractivity contribution in [3.8, 4) is 0 Å². The lowest BCUT2D eigenvalue weighted by molar-refractivity contribution is -0.119. The summed E-state index contributed by atoms with van der Waals surface area (Å²) in [7, 11) is 0. The van der Waals surface area contributed by atoms with Gasteiger partial charge in [-0.15, -0.1) is 0 Å². The molecule has 0 spiro atoms. The SMILES string of the molecule is CC(C)C(Nc1ccc(C(N)=S)c2ccccc12)C(N)=O. The predicted octanol–water partition coefficient (Wildman–Crippen LogP) is 2.40. The van der Waals surface area contributed by atoms with Crippen LogP contribution in [-0.2, 0) is 4.79 Å². The number of benzene rings is 2. The highest BCUT2D eigenvalue weighted by Gasteiger charge is 2.20. The fraction of sp³-hybridized carbons (Fsp3) is 0.250. The van der Waals surface area contributed by atoms with Crippen LogP contribution in [0.3, 0.4) is 0 Å². The molecule has 5 N–H and O–H groups in total. The lowest BCUT2D eigenvalue weighted by Crippen LogP contribution is -2.39. The van der Waals surface area contributed by atoms with Crippen molar-refractivity contribution in [1.29, 1.82) is 0 Å². The molecule has 2 rings (SSSR count). The summed E-state index contributed by atoms with van der Waals surface area (Å²) in [5.41, 5.74) is 12.9. The lowest BCUT2D eigenvalue weighted by atomic mass is 10.00. The van der Waals surface area contributed by atoms with Crippen molar-refractivity contribution < 1.29 is 4.79 Å². The molecule has 0 aromatic heterocycles. The van der Waals surface area contributed by atoms with Crippen molar-refractivity contribution in [2.24, 2.45) is 17.4 Å². The number of fused-ring (bicyclic) bond motifs is 1. The number of thiocarbonyl (C=S) groups is 1. The predicted molar refractivity (Wildman–Crippen MR) is 91.3 cm³/mol. The Balaban J connectivity index is 2.53. The summed E-state index contributed by atoms with van der Waals surface area (Å²) in [5, 5.41) is 5.16. The van der Waals surface area contributed by atoms with Crippen molar-refractivity contribution in [1.82, 2.24) is 0 Å². The van der Waals surface area contributed by atoms with Gasteiger partial charge < -0.3 is 16.8 Å². The van der Waals surface area contributed by atoms with Gasteiger partial charge in [-0.25, -0.2) is 0 Å². The molecule has 0 heterocycles. The summed E-state index contributed by atoms with van der Waals surface area (Å²) in [5.74, 6) is -0.274. The highest BCUT2D eigenvalue weighted by molar-refractivity contribution is 7.80. The number of amides is 1. The van der Waals surface area contributed by atoms with Crippen LogP contribution in [0.15, 0.2) is 36.4 Å². The molecule has 0 bridgehead atoms. The van der Waals surface area contributed by atoms with Gasteiger partial charge in [0.2, 0.25) is 5.91 Å². The van der Waals surface area contributed by atoms with E-state index >= 15 is 0 Å². The van der Waals surface area contributed by atoms with E-state index in [1.165, 1.54) is 0 Å². The number of nitrogens with two attached hydrogens (primary N) is 2. The molecule has 1 atom stereocenters. The average molecular weight is 301 g/mol. The van der Waals surface area contributed by atoms with Crippen LogP contribution in [0, 0.1) is 5.92 Å². The first kappa shape index (κ1) is 15.3. The molecular formula is C16H19N3OS. The number of anilines is 1. The molecule has 4 nitrogen and oxygen atoms in total. The van der Waals surface area contributed by atoms with Crippen molar-refractivity contribution in [3.63, 3.8) is 0 Å². The molecule has 0 aliphatic carbocycles. The zero-order chi connectivity index (χ0) is 15.6. The zero-order valence-electron chi connectivity index (χ0n) is 12.1. The van der Waals surface area contributed by atoms with E-state index in [0.717, 1.165) is 22.0 Å². The van der Waals surface area contributed by atoms with Crippen LogP contribution in [0.2, 0.25) is 0 Å². The molecule has 0 aliphatic rings. The van der Waals surface area contributed by atoms with E-state index in [0.29, 0.717) is 4.99 Å². The summed E-state index contributed by atoms with van der Waals surface area (Å²) < 4.78 is 0. The maximum absolute atomic E-state index is 11.6. The van der Waals surface area contributed by atoms with Gasteiger partial charge in [-0.05, 0) is 23.4 Å². The van der Waals surface area contributed by atoms with Gasteiger partial charge in [0.25, 0.3) is 0 Å². The topological polar surface area (TPSA) is 81.1 Å². The molecule has 0 saturated carbocycles. The van der Waals surface area contributed by atoms with E-state index in [1.54, 1.807) is 0 Å². The molecule has 2 aromatic rings. The molecule has 0 aliphatic heterocycles. The first-order valence-electron chi connectivity index (χ1n) is 6.79. The Hall–Kier alpha value is -2.14. The Bertz CT molecular complexity index is 697. The van der Waals surface area contributed by atoms with Crippen LogP contribution >= 0.6 is 12.2 Å². The van der Waals surface area contributed by atoms with Gasteiger partial charge in [-0.2, -0.15) is 0 Å². The standard InChI is InChI=1S/C16H19N3OS/c1-9(2)14(15(17)20)19-13-8-7-12(16(18)21)10-5-3-4-6-11(10)13/h3-9,14,19H,1-2H3,(H2,17,20)(H2,18,21). The summed E-state index contributed by atoms with van der Waals surface area (Å²) in [6.45, 7) is 3.90. The highest BCUT2D eigenvalue weighted by Crippen LogP contribution is 2.28. The van der Waals surface area contributed by atoms with E-state index in [2.05, 4.69) is 5.32 Å². The molecule has 0 radical (unpaired) electrons. The Labute approximate surface area is 129 Å². The van der Waals surface area contributed by atoms with Crippen LogP contribution < -0.4 is 16.8 Å². The van der Waals surface area contributed by atoms with E-state index in [9.17, 15) is 4.79 Å². The number of carbonyl (C=O) groups excluding carboxylic acids is 1. The largest absolute Gasteiger partial charge is 0.389 e. The summed E-state index contributed by atoms with van der Waals surface area (Å²) in [4.78, 5) is 11.9. The number of nitrogens with one attached hydrogen (secondary N) is 1. The first-order valence-corrected chi connectivity index (χ1v) is 7.20. The van der Waals surface area contributed by atoms with Gasteiger partial charge in [0.05, 0.1) is 0 Å². The van der Waals surface area contributed by atoms with Gasteiger partial charge in [0.1, 0.15) is 11.0 Å².